The second kappa shape index (κ2) is 4.16. The first kappa shape index (κ1) is 11.8. The average Bonchev–Trinajstić information content (AvgIpc) is 2.82. The van der Waals surface area contributed by atoms with Crippen molar-refractivity contribution in [3.63, 3.8) is 0 Å². The molecule has 3 rings (SSSR count). The summed E-state index contributed by atoms with van der Waals surface area (Å²) in [7, 11) is 0. The van der Waals surface area contributed by atoms with Crippen LogP contribution in [0.15, 0.2) is 42.7 Å². The summed E-state index contributed by atoms with van der Waals surface area (Å²) < 4.78 is 1.81. The highest BCUT2D eigenvalue weighted by atomic mass is 15.2. The molecule has 4 nitrogen and oxygen atoms in total. The van der Waals surface area contributed by atoms with Crippen LogP contribution in [-0.2, 0) is 5.41 Å². The van der Waals surface area contributed by atoms with Crippen molar-refractivity contribution >= 4 is 5.65 Å². The molecule has 0 N–H and O–H groups in total. The van der Waals surface area contributed by atoms with Gasteiger partial charge in [-0.3, -0.25) is 4.98 Å². The van der Waals surface area contributed by atoms with Gasteiger partial charge in [0.1, 0.15) is 0 Å². The minimum absolute atomic E-state index is 0.0266. The van der Waals surface area contributed by atoms with E-state index in [1.165, 1.54) is 0 Å². The summed E-state index contributed by atoms with van der Waals surface area (Å²) in [5, 5.41) is 4.55. The molecule has 0 aliphatic heterocycles. The van der Waals surface area contributed by atoms with Crippen molar-refractivity contribution < 1.29 is 0 Å². The molecular weight excluding hydrogens is 236 g/mol. The van der Waals surface area contributed by atoms with E-state index < -0.39 is 0 Å². The number of rotatable bonds is 1. The van der Waals surface area contributed by atoms with Gasteiger partial charge in [0.2, 0.25) is 0 Å². The Morgan fingerprint density at radius 2 is 1.89 bits per heavy atom. The van der Waals surface area contributed by atoms with Crippen molar-refractivity contribution in [2.24, 2.45) is 0 Å². The Morgan fingerprint density at radius 3 is 2.58 bits per heavy atom. The molecule has 3 aromatic rings. The van der Waals surface area contributed by atoms with Gasteiger partial charge in [0.05, 0.1) is 17.1 Å². The maximum atomic E-state index is 4.62. The zero-order valence-corrected chi connectivity index (χ0v) is 11.3. The summed E-state index contributed by atoms with van der Waals surface area (Å²) in [6, 6.07) is 9.80. The minimum Gasteiger partial charge on any atom is -0.255 e. The van der Waals surface area contributed by atoms with Crippen LogP contribution in [0.4, 0.5) is 0 Å². The number of aromatic nitrogens is 4. The lowest BCUT2D eigenvalue weighted by Crippen LogP contribution is -2.11. The van der Waals surface area contributed by atoms with Crippen molar-refractivity contribution in [3.8, 4) is 11.4 Å². The van der Waals surface area contributed by atoms with Crippen LogP contribution in [0.25, 0.3) is 17.0 Å². The predicted octanol–water partition coefficient (Wildman–Crippen LogP) is 3.09. The van der Waals surface area contributed by atoms with E-state index in [0.29, 0.717) is 0 Å². The van der Waals surface area contributed by atoms with Gasteiger partial charge in [0.15, 0.2) is 5.65 Å². The predicted molar refractivity (Wildman–Crippen MR) is 74.9 cm³/mol. The third-order valence-electron chi connectivity index (χ3n) is 3.02. The van der Waals surface area contributed by atoms with Gasteiger partial charge in [-0.15, -0.1) is 0 Å². The first-order chi connectivity index (χ1) is 9.04. The first-order valence-electron chi connectivity index (χ1n) is 6.32. The normalized spacial score (nSPS) is 11.9. The second-order valence-corrected chi connectivity index (χ2v) is 5.61. The van der Waals surface area contributed by atoms with Crippen LogP contribution in [0, 0.1) is 0 Å². The quantitative estimate of drug-likeness (QED) is 0.668. The molecule has 0 aromatic carbocycles. The summed E-state index contributed by atoms with van der Waals surface area (Å²) in [5.74, 6) is 0. The maximum Gasteiger partial charge on any atom is 0.155 e. The fourth-order valence-electron chi connectivity index (χ4n) is 1.90. The highest BCUT2D eigenvalue weighted by Gasteiger charge is 2.18. The first-order valence-corrected chi connectivity index (χ1v) is 6.32. The molecule has 0 saturated carbocycles. The Morgan fingerprint density at radius 1 is 1.05 bits per heavy atom. The Hall–Kier alpha value is -2.23. The lowest BCUT2D eigenvalue weighted by Gasteiger charge is -2.13. The van der Waals surface area contributed by atoms with E-state index in [-0.39, 0.29) is 5.41 Å². The Kier molecular flexibility index (Phi) is 2.59. The van der Waals surface area contributed by atoms with E-state index in [0.717, 1.165) is 22.7 Å². The summed E-state index contributed by atoms with van der Waals surface area (Å²) in [6.07, 6.45) is 3.71. The summed E-state index contributed by atoms with van der Waals surface area (Å²) in [5.41, 5.74) is 3.67. The smallest absolute Gasteiger partial charge is 0.155 e. The van der Waals surface area contributed by atoms with Gasteiger partial charge in [-0.25, -0.2) is 9.50 Å². The Balaban J connectivity index is 2.11. The largest absolute Gasteiger partial charge is 0.255 e. The molecule has 0 unspecified atom stereocenters. The van der Waals surface area contributed by atoms with Crippen LogP contribution in [0.1, 0.15) is 26.5 Å². The molecule has 0 amide bonds. The van der Waals surface area contributed by atoms with Gasteiger partial charge in [-0.1, -0.05) is 26.8 Å². The van der Waals surface area contributed by atoms with Gasteiger partial charge in [-0.2, -0.15) is 5.10 Å². The molecule has 0 saturated heterocycles. The molecule has 0 fully saturated rings. The van der Waals surface area contributed by atoms with Gasteiger partial charge in [0.25, 0.3) is 0 Å². The molecule has 0 spiro atoms. The van der Waals surface area contributed by atoms with E-state index in [2.05, 4.69) is 35.8 Å². The molecule has 3 heterocycles. The highest BCUT2D eigenvalue weighted by molar-refractivity contribution is 5.57. The molecule has 3 aromatic heterocycles. The standard InChI is InChI=1S/C15H16N4/c1-15(2,3)13-10-14-17-12(7-9-19(14)18-13)11-6-4-5-8-16-11/h4-10H,1-3H3. The van der Waals surface area contributed by atoms with Gasteiger partial charge >= 0.3 is 0 Å². The van der Waals surface area contributed by atoms with Crippen molar-refractivity contribution in [2.75, 3.05) is 0 Å². The molecule has 0 aliphatic rings. The number of fused-ring (bicyclic) bond motifs is 1. The lowest BCUT2D eigenvalue weighted by atomic mass is 9.93. The Labute approximate surface area is 112 Å². The van der Waals surface area contributed by atoms with E-state index in [4.69, 9.17) is 0 Å². The van der Waals surface area contributed by atoms with Crippen molar-refractivity contribution in [2.45, 2.75) is 26.2 Å². The zero-order chi connectivity index (χ0) is 13.5. The maximum absolute atomic E-state index is 4.62. The van der Waals surface area contributed by atoms with Crippen LogP contribution in [-0.4, -0.2) is 19.6 Å². The number of hydrogen-bond donors (Lipinski definition) is 0. The molecule has 96 valence electrons. The zero-order valence-electron chi connectivity index (χ0n) is 11.3. The van der Waals surface area contributed by atoms with Gasteiger partial charge in [-0.05, 0) is 18.2 Å². The fraction of sp³-hybridized carbons (Fsp3) is 0.267. The summed E-state index contributed by atoms with van der Waals surface area (Å²) in [6.45, 7) is 6.44. The van der Waals surface area contributed by atoms with Crippen molar-refractivity contribution in [1.82, 2.24) is 19.6 Å². The summed E-state index contributed by atoms with van der Waals surface area (Å²) >= 11 is 0. The third kappa shape index (κ3) is 2.21. The van der Waals surface area contributed by atoms with Crippen molar-refractivity contribution in [1.29, 1.82) is 0 Å². The summed E-state index contributed by atoms with van der Waals surface area (Å²) in [4.78, 5) is 8.94. The van der Waals surface area contributed by atoms with E-state index in [1.54, 1.807) is 6.20 Å². The molecule has 0 aliphatic carbocycles. The lowest BCUT2D eigenvalue weighted by molar-refractivity contribution is 0.562. The number of nitrogens with zero attached hydrogens (tertiary/aromatic N) is 4. The van der Waals surface area contributed by atoms with Crippen LogP contribution in [0.3, 0.4) is 0 Å². The van der Waals surface area contributed by atoms with Crippen LogP contribution < -0.4 is 0 Å². The van der Waals surface area contributed by atoms with Crippen LogP contribution in [0.5, 0.6) is 0 Å². The minimum atomic E-state index is 0.0266. The van der Waals surface area contributed by atoms with Crippen LogP contribution >= 0.6 is 0 Å². The Bertz CT molecular complexity index is 708. The SMILES string of the molecule is CC(C)(C)c1cc2nc(-c3ccccn3)ccn2n1. The van der Waals surface area contributed by atoms with E-state index >= 15 is 0 Å². The molecule has 19 heavy (non-hydrogen) atoms. The molecule has 4 heteroatoms. The highest BCUT2D eigenvalue weighted by Crippen LogP contribution is 2.22. The molecule has 0 bridgehead atoms. The molecule has 0 atom stereocenters. The second-order valence-electron chi connectivity index (χ2n) is 5.61. The molecule has 0 radical (unpaired) electrons. The van der Waals surface area contributed by atoms with E-state index in [9.17, 15) is 0 Å². The number of hydrogen-bond acceptors (Lipinski definition) is 3. The molecular formula is C15H16N4. The van der Waals surface area contributed by atoms with Crippen LogP contribution in [0.2, 0.25) is 0 Å². The monoisotopic (exact) mass is 252 g/mol. The van der Waals surface area contributed by atoms with Crippen molar-refractivity contribution in [3.05, 3.63) is 48.4 Å². The topological polar surface area (TPSA) is 43.1 Å². The fourth-order valence-corrected chi connectivity index (χ4v) is 1.90. The van der Waals surface area contributed by atoms with E-state index in [1.807, 2.05) is 41.0 Å². The van der Waals surface area contributed by atoms with Gasteiger partial charge in [0, 0.05) is 23.9 Å². The van der Waals surface area contributed by atoms with Gasteiger partial charge < -0.3 is 0 Å². The number of pyridine rings is 1. The average molecular weight is 252 g/mol. The third-order valence-corrected chi connectivity index (χ3v) is 3.02.